The summed E-state index contributed by atoms with van der Waals surface area (Å²) >= 11 is 0. The zero-order chi connectivity index (χ0) is 18.7. The maximum Gasteiger partial charge on any atom is 0.311 e. The van der Waals surface area contributed by atoms with Gasteiger partial charge in [-0.2, -0.15) is 5.10 Å². The third kappa shape index (κ3) is 3.60. The van der Waals surface area contributed by atoms with Crippen molar-refractivity contribution in [3.05, 3.63) is 41.3 Å². The number of nitrogens with one attached hydrogen (secondary N) is 1. The van der Waals surface area contributed by atoms with Crippen LogP contribution in [0.1, 0.15) is 34.6 Å². The Hall–Kier alpha value is -2.74. The summed E-state index contributed by atoms with van der Waals surface area (Å²) in [5.41, 5.74) is 1.25. The Bertz CT molecular complexity index is 807. The number of aromatic nitrogens is 3. The summed E-state index contributed by atoms with van der Waals surface area (Å²) in [7, 11) is 0. The topological polar surface area (TPSA) is 106 Å². The number of amides is 1. The van der Waals surface area contributed by atoms with E-state index in [2.05, 4.69) is 15.4 Å². The number of carbonyl (C=O) groups excluding carboxylic acids is 1. The quantitative estimate of drug-likeness (QED) is 0.839. The number of hydrogen-bond donors (Lipinski definition) is 2. The maximum absolute atomic E-state index is 12.4. The van der Waals surface area contributed by atoms with E-state index in [1.54, 1.807) is 16.8 Å². The van der Waals surface area contributed by atoms with Crippen molar-refractivity contribution in [3.8, 4) is 5.82 Å². The molecule has 1 saturated heterocycles. The van der Waals surface area contributed by atoms with Crippen molar-refractivity contribution in [1.82, 2.24) is 20.1 Å². The van der Waals surface area contributed by atoms with Gasteiger partial charge in [0.05, 0.1) is 16.7 Å². The summed E-state index contributed by atoms with van der Waals surface area (Å²) < 4.78 is 6.95. The van der Waals surface area contributed by atoms with Gasteiger partial charge in [0.15, 0.2) is 5.82 Å². The van der Waals surface area contributed by atoms with Gasteiger partial charge in [0.2, 0.25) is 0 Å². The molecule has 8 heteroatoms. The van der Waals surface area contributed by atoms with Crippen LogP contribution in [0, 0.1) is 19.3 Å². The first-order valence-electron chi connectivity index (χ1n) is 8.50. The lowest BCUT2D eigenvalue weighted by Gasteiger charge is -2.33. The molecular weight excluding hydrogens is 336 g/mol. The Morgan fingerprint density at radius 2 is 2.04 bits per heavy atom. The van der Waals surface area contributed by atoms with E-state index in [0.717, 1.165) is 11.4 Å². The number of aliphatic carboxylic acids is 1. The molecule has 3 heterocycles. The number of aryl methyl sites for hydroxylation is 2. The van der Waals surface area contributed by atoms with Gasteiger partial charge in [0, 0.05) is 31.6 Å². The summed E-state index contributed by atoms with van der Waals surface area (Å²) in [6, 6.07) is 5.32. The number of carboxylic acid groups (broad SMARTS) is 1. The van der Waals surface area contributed by atoms with Gasteiger partial charge in [-0.25, -0.2) is 9.67 Å². The van der Waals surface area contributed by atoms with Crippen molar-refractivity contribution in [2.75, 3.05) is 19.8 Å². The minimum absolute atomic E-state index is 0.0732. The van der Waals surface area contributed by atoms with Crippen LogP contribution in [0.5, 0.6) is 0 Å². The molecule has 0 saturated carbocycles. The van der Waals surface area contributed by atoms with E-state index < -0.39 is 11.4 Å². The van der Waals surface area contributed by atoms with E-state index >= 15 is 0 Å². The predicted octanol–water partition coefficient (Wildman–Crippen LogP) is 1.50. The highest BCUT2D eigenvalue weighted by molar-refractivity contribution is 5.94. The minimum atomic E-state index is -0.967. The summed E-state index contributed by atoms with van der Waals surface area (Å²) in [4.78, 5) is 28.3. The first kappa shape index (κ1) is 18.1. The zero-order valence-electron chi connectivity index (χ0n) is 14.9. The predicted molar refractivity (Wildman–Crippen MR) is 93.3 cm³/mol. The second-order valence-corrected chi connectivity index (χ2v) is 6.62. The summed E-state index contributed by atoms with van der Waals surface area (Å²) in [6.45, 7) is 4.69. The van der Waals surface area contributed by atoms with Crippen LogP contribution in [0.4, 0.5) is 0 Å². The van der Waals surface area contributed by atoms with Crippen LogP contribution < -0.4 is 5.32 Å². The lowest BCUT2D eigenvalue weighted by Crippen LogP contribution is -2.46. The van der Waals surface area contributed by atoms with E-state index in [1.165, 1.54) is 6.20 Å². The number of hydrogen-bond acceptors (Lipinski definition) is 5. The second-order valence-electron chi connectivity index (χ2n) is 6.62. The number of ether oxygens (including phenoxy) is 1. The van der Waals surface area contributed by atoms with Gasteiger partial charge >= 0.3 is 5.97 Å². The Balaban J connectivity index is 1.68. The standard InChI is InChI=1S/C18H22N4O4/c1-12-9-13(2)22(21-12)15-4-3-14(10-19-15)16(23)20-11-18(17(24)25)5-7-26-8-6-18/h3-4,9-10H,5-8,11H2,1-2H3,(H,20,23)(H,24,25). The Kier molecular flexibility index (Phi) is 5.03. The van der Waals surface area contributed by atoms with Crippen molar-refractivity contribution >= 4 is 11.9 Å². The lowest BCUT2D eigenvalue weighted by molar-refractivity contribution is -0.154. The van der Waals surface area contributed by atoms with Crippen LogP contribution in [0.15, 0.2) is 24.4 Å². The Morgan fingerprint density at radius 3 is 2.58 bits per heavy atom. The third-order valence-corrected chi connectivity index (χ3v) is 4.73. The van der Waals surface area contributed by atoms with E-state index in [4.69, 9.17) is 4.74 Å². The van der Waals surface area contributed by atoms with Gasteiger partial charge in [0.25, 0.3) is 5.91 Å². The summed E-state index contributed by atoms with van der Waals surface area (Å²) in [6.07, 6.45) is 2.24. The first-order valence-corrected chi connectivity index (χ1v) is 8.50. The molecule has 0 aromatic carbocycles. The van der Waals surface area contributed by atoms with Crippen molar-refractivity contribution in [3.63, 3.8) is 0 Å². The summed E-state index contributed by atoms with van der Waals surface area (Å²) in [5, 5.41) is 16.6. The Morgan fingerprint density at radius 1 is 1.31 bits per heavy atom. The highest BCUT2D eigenvalue weighted by atomic mass is 16.5. The summed E-state index contributed by atoms with van der Waals surface area (Å²) in [5.74, 6) is -0.623. The highest BCUT2D eigenvalue weighted by Gasteiger charge is 2.40. The van der Waals surface area contributed by atoms with Gasteiger partial charge < -0.3 is 15.2 Å². The van der Waals surface area contributed by atoms with Gasteiger partial charge in [-0.1, -0.05) is 0 Å². The molecule has 1 amide bonds. The van der Waals surface area contributed by atoms with Gasteiger partial charge in [-0.3, -0.25) is 9.59 Å². The fourth-order valence-corrected chi connectivity index (χ4v) is 3.09. The van der Waals surface area contributed by atoms with E-state index in [9.17, 15) is 14.7 Å². The number of carboxylic acids is 1. The normalized spacial score (nSPS) is 16.2. The van der Waals surface area contributed by atoms with Crippen LogP contribution in [0.3, 0.4) is 0 Å². The molecule has 0 bridgehead atoms. The molecule has 0 unspecified atom stereocenters. The van der Waals surface area contributed by atoms with E-state index in [1.807, 2.05) is 19.9 Å². The van der Waals surface area contributed by atoms with Crippen molar-refractivity contribution in [2.45, 2.75) is 26.7 Å². The molecule has 2 N–H and O–H groups in total. The minimum Gasteiger partial charge on any atom is -0.481 e. The fraction of sp³-hybridized carbons (Fsp3) is 0.444. The SMILES string of the molecule is Cc1cc(C)n(-c2ccc(C(=O)NCC3(C(=O)O)CCOCC3)cn2)n1. The lowest BCUT2D eigenvalue weighted by atomic mass is 9.80. The molecule has 26 heavy (non-hydrogen) atoms. The van der Waals surface area contributed by atoms with Gasteiger partial charge in [0.1, 0.15) is 0 Å². The molecular formula is C18H22N4O4. The molecule has 0 atom stereocenters. The molecule has 0 aliphatic carbocycles. The van der Waals surface area contributed by atoms with E-state index in [0.29, 0.717) is 37.4 Å². The van der Waals surface area contributed by atoms with Crippen molar-refractivity contribution in [2.24, 2.45) is 5.41 Å². The van der Waals surface area contributed by atoms with Crippen molar-refractivity contribution < 1.29 is 19.4 Å². The number of carbonyl (C=O) groups is 2. The number of pyridine rings is 1. The molecule has 1 aliphatic rings. The Labute approximate surface area is 151 Å². The average molecular weight is 358 g/mol. The van der Waals surface area contributed by atoms with Crippen LogP contribution in [0.2, 0.25) is 0 Å². The fourth-order valence-electron chi connectivity index (χ4n) is 3.09. The average Bonchev–Trinajstić information content (AvgIpc) is 2.98. The van der Waals surface area contributed by atoms with Crippen LogP contribution in [-0.2, 0) is 9.53 Å². The van der Waals surface area contributed by atoms with Gasteiger partial charge in [-0.05, 0) is 44.9 Å². The van der Waals surface area contributed by atoms with Crippen molar-refractivity contribution in [1.29, 1.82) is 0 Å². The molecule has 0 radical (unpaired) electrons. The third-order valence-electron chi connectivity index (χ3n) is 4.73. The first-order chi connectivity index (χ1) is 12.4. The molecule has 138 valence electrons. The van der Waals surface area contributed by atoms with Crippen LogP contribution >= 0.6 is 0 Å². The monoisotopic (exact) mass is 358 g/mol. The molecule has 8 nitrogen and oxygen atoms in total. The maximum atomic E-state index is 12.4. The zero-order valence-corrected chi connectivity index (χ0v) is 14.9. The molecule has 1 aliphatic heterocycles. The molecule has 2 aromatic rings. The number of rotatable bonds is 5. The molecule has 1 fully saturated rings. The van der Waals surface area contributed by atoms with E-state index in [-0.39, 0.29) is 12.5 Å². The van der Waals surface area contributed by atoms with Crippen LogP contribution in [-0.4, -0.2) is 51.5 Å². The number of nitrogens with zero attached hydrogens (tertiary/aromatic N) is 3. The smallest absolute Gasteiger partial charge is 0.311 e. The molecule has 3 rings (SSSR count). The molecule has 0 spiro atoms. The second kappa shape index (κ2) is 7.25. The largest absolute Gasteiger partial charge is 0.481 e. The molecule has 2 aromatic heterocycles. The highest BCUT2D eigenvalue weighted by Crippen LogP contribution is 2.30. The van der Waals surface area contributed by atoms with Crippen LogP contribution in [0.25, 0.3) is 5.82 Å². The van der Waals surface area contributed by atoms with Gasteiger partial charge in [-0.15, -0.1) is 0 Å².